The highest BCUT2D eigenvalue weighted by Gasteiger charge is 2.28. The summed E-state index contributed by atoms with van der Waals surface area (Å²) in [5.41, 5.74) is 1.81. The summed E-state index contributed by atoms with van der Waals surface area (Å²) in [6.45, 7) is 0.953. The van der Waals surface area contributed by atoms with Gasteiger partial charge in [-0.25, -0.2) is 13.2 Å². The van der Waals surface area contributed by atoms with E-state index in [1.165, 1.54) is 26.3 Å². The molecule has 1 aliphatic rings. The van der Waals surface area contributed by atoms with Crippen molar-refractivity contribution in [1.29, 1.82) is 0 Å². The Morgan fingerprint density at radius 1 is 1.13 bits per heavy atom. The van der Waals surface area contributed by atoms with E-state index in [9.17, 15) is 18.0 Å². The number of H-pyrrole nitrogens is 1. The fraction of sp³-hybridized carbons (Fsp3) is 0.333. The quantitative estimate of drug-likeness (QED) is 0.606. The first-order chi connectivity index (χ1) is 14.8. The summed E-state index contributed by atoms with van der Waals surface area (Å²) >= 11 is 0. The molecule has 0 bridgehead atoms. The summed E-state index contributed by atoms with van der Waals surface area (Å²) < 4.78 is 27.5. The molecule has 0 aliphatic carbocycles. The Kier molecular flexibility index (Phi) is 5.69. The fourth-order valence-corrected chi connectivity index (χ4v) is 5.00. The highest BCUT2D eigenvalue weighted by atomic mass is 32.2. The smallest absolute Gasteiger partial charge is 0.326 e. The Balaban J connectivity index is 1.51. The third kappa shape index (κ3) is 3.89. The molecule has 1 saturated heterocycles. The molecule has 1 aromatic heterocycles. The van der Waals surface area contributed by atoms with Gasteiger partial charge in [-0.1, -0.05) is 22.7 Å². The van der Waals surface area contributed by atoms with Gasteiger partial charge in [-0.3, -0.25) is 14.2 Å². The zero-order valence-corrected chi connectivity index (χ0v) is 18.1. The number of aromatic amines is 1. The van der Waals surface area contributed by atoms with Crippen LogP contribution >= 0.6 is 0 Å². The van der Waals surface area contributed by atoms with Crippen LogP contribution in [0.1, 0.15) is 29.2 Å². The van der Waals surface area contributed by atoms with Crippen molar-refractivity contribution in [3.63, 3.8) is 0 Å². The molecule has 1 fully saturated rings. The Hall–Kier alpha value is -2.95. The summed E-state index contributed by atoms with van der Waals surface area (Å²) in [5.74, 6) is -0.234. The molecule has 164 valence electrons. The lowest BCUT2D eigenvalue weighted by atomic mass is 10.0. The molecule has 0 radical (unpaired) electrons. The average molecular weight is 445 g/mol. The number of piperidine rings is 1. The lowest BCUT2D eigenvalue weighted by Crippen LogP contribution is -2.40. The number of hydroxylamine groups is 1. The van der Waals surface area contributed by atoms with E-state index in [-0.39, 0.29) is 22.5 Å². The first-order valence-electron chi connectivity index (χ1n) is 9.94. The SMILES string of the molecule is CON(C)S(=O)(=O)c1cccc(C(=O)N2CCC(n3c(=O)[nH]c4ccccc43)CC2)c1. The van der Waals surface area contributed by atoms with Crippen LogP contribution in [-0.2, 0) is 14.9 Å². The molecule has 1 amide bonds. The minimum atomic E-state index is -3.84. The van der Waals surface area contributed by atoms with Crippen molar-refractivity contribution in [3.05, 3.63) is 64.6 Å². The number of sulfonamides is 1. The van der Waals surface area contributed by atoms with E-state index in [2.05, 4.69) is 4.98 Å². The minimum absolute atomic E-state index is 0.00485. The number of aromatic nitrogens is 2. The molecule has 31 heavy (non-hydrogen) atoms. The Morgan fingerprint density at radius 3 is 2.55 bits per heavy atom. The number of carbonyl (C=O) groups is 1. The number of para-hydroxylation sites is 2. The van der Waals surface area contributed by atoms with E-state index in [1.807, 2.05) is 24.3 Å². The monoisotopic (exact) mass is 444 g/mol. The largest absolute Gasteiger partial charge is 0.338 e. The van der Waals surface area contributed by atoms with E-state index in [0.29, 0.717) is 31.5 Å². The van der Waals surface area contributed by atoms with Gasteiger partial charge >= 0.3 is 5.69 Å². The molecule has 0 saturated carbocycles. The van der Waals surface area contributed by atoms with Crippen LogP contribution in [0.2, 0.25) is 0 Å². The van der Waals surface area contributed by atoms with Crippen molar-refractivity contribution in [2.24, 2.45) is 0 Å². The Bertz CT molecular complexity index is 1270. The highest BCUT2D eigenvalue weighted by molar-refractivity contribution is 7.89. The van der Waals surface area contributed by atoms with Gasteiger partial charge in [-0.15, -0.1) is 0 Å². The van der Waals surface area contributed by atoms with Gasteiger partial charge in [0.25, 0.3) is 15.9 Å². The van der Waals surface area contributed by atoms with Crippen molar-refractivity contribution in [3.8, 4) is 0 Å². The molecule has 0 spiro atoms. The second-order valence-corrected chi connectivity index (χ2v) is 9.40. The Morgan fingerprint density at radius 2 is 1.84 bits per heavy atom. The number of fused-ring (bicyclic) bond motifs is 1. The molecule has 3 aromatic rings. The molecule has 10 heteroatoms. The maximum atomic E-state index is 13.0. The fourth-order valence-electron chi connectivity index (χ4n) is 3.98. The van der Waals surface area contributed by atoms with E-state index in [1.54, 1.807) is 21.6 Å². The summed E-state index contributed by atoms with van der Waals surface area (Å²) in [5, 5.41) is 0. The molecule has 9 nitrogen and oxygen atoms in total. The second kappa shape index (κ2) is 8.29. The number of hydrogen-bond donors (Lipinski definition) is 1. The number of benzene rings is 2. The van der Waals surface area contributed by atoms with Crippen LogP contribution in [0.4, 0.5) is 0 Å². The van der Waals surface area contributed by atoms with Crippen LogP contribution in [0.25, 0.3) is 11.0 Å². The van der Waals surface area contributed by atoms with Gasteiger partial charge in [0.15, 0.2) is 0 Å². The number of imidazole rings is 1. The van der Waals surface area contributed by atoms with Crippen molar-refractivity contribution in [1.82, 2.24) is 18.9 Å². The maximum Gasteiger partial charge on any atom is 0.326 e. The van der Waals surface area contributed by atoms with Crippen LogP contribution in [0.3, 0.4) is 0 Å². The van der Waals surface area contributed by atoms with Crippen molar-refractivity contribution >= 4 is 27.0 Å². The Labute approximate surface area is 179 Å². The van der Waals surface area contributed by atoms with Crippen LogP contribution in [-0.4, -0.2) is 60.5 Å². The summed E-state index contributed by atoms with van der Waals surface area (Å²) in [4.78, 5) is 34.8. The summed E-state index contributed by atoms with van der Waals surface area (Å²) in [6.07, 6.45) is 1.27. The zero-order chi connectivity index (χ0) is 22.2. The topological polar surface area (TPSA) is 105 Å². The highest BCUT2D eigenvalue weighted by Crippen LogP contribution is 2.26. The van der Waals surface area contributed by atoms with Gasteiger partial charge in [0.05, 0.1) is 23.0 Å². The number of carbonyl (C=O) groups excluding carboxylic acids is 1. The average Bonchev–Trinajstić information content (AvgIpc) is 3.13. The van der Waals surface area contributed by atoms with Gasteiger partial charge in [0.1, 0.15) is 0 Å². The van der Waals surface area contributed by atoms with E-state index in [4.69, 9.17) is 4.84 Å². The third-order valence-electron chi connectivity index (χ3n) is 5.72. The summed E-state index contributed by atoms with van der Waals surface area (Å²) in [7, 11) is -1.29. The van der Waals surface area contributed by atoms with E-state index < -0.39 is 10.0 Å². The van der Waals surface area contributed by atoms with Crippen molar-refractivity contribution in [2.45, 2.75) is 23.8 Å². The minimum Gasteiger partial charge on any atom is -0.338 e. The molecule has 2 heterocycles. The number of hydrogen-bond acceptors (Lipinski definition) is 5. The first-order valence-corrected chi connectivity index (χ1v) is 11.4. The number of rotatable bonds is 5. The first kappa shape index (κ1) is 21.3. The van der Waals surface area contributed by atoms with Gasteiger partial charge in [-0.05, 0) is 43.2 Å². The molecule has 0 atom stereocenters. The van der Waals surface area contributed by atoms with Crippen LogP contribution in [0.5, 0.6) is 0 Å². The van der Waals surface area contributed by atoms with E-state index >= 15 is 0 Å². The van der Waals surface area contributed by atoms with Gasteiger partial charge < -0.3 is 9.88 Å². The number of nitrogens with one attached hydrogen (secondary N) is 1. The standard InChI is InChI=1S/C21H24N4O5S/c1-23(30-2)31(28,29)17-7-5-6-15(14-17)20(26)24-12-10-16(11-13-24)25-19-9-4-3-8-18(19)22-21(25)27/h3-9,14,16H,10-13H2,1-2H3,(H,22,27). The number of nitrogens with zero attached hydrogens (tertiary/aromatic N) is 3. The van der Waals surface area contributed by atoms with Gasteiger partial charge in [0.2, 0.25) is 0 Å². The lowest BCUT2D eigenvalue weighted by molar-refractivity contribution is -0.0258. The predicted octanol–water partition coefficient (Wildman–Crippen LogP) is 1.99. The van der Waals surface area contributed by atoms with Gasteiger partial charge in [-0.2, -0.15) is 0 Å². The predicted molar refractivity (Wildman–Crippen MR) is 115 cm³/mol. The molecule has 4 rings (SSSR count). The number of amides is 1. The lowest BCUT2D eigenvalue weighted by Gasteiger charge is -2.32. The number of likely N-dealkylation sites (tertiary alicyclic amines) is 1. The van der Waals surface area contributed by atoms with Crippen LogP contribution in [0, 0.1) is 0 Å². The normalized spacial score (nSPS) is 15.6. The summed E-state index contributed by atoms with van der Waals surface area (Å²) in [6, 6.07) is 13.5. The van der Waals surface area contributed by atoms with Crippen LogP contribution in [0.15, 0.2) is 58.2 Å². The molecule has 0 unspecified atom stereocenters. The van der Waals surface area contributed by atoms with Crippen molar-refractivity contribution in [2.75, 3.05) is 27.2 Å². The molecule has 1 aliphatic heterocycles. The van der Waals surface area contributed by atoms with Gasteiger partial charge in [0, 0.05) is 31.7 Å². The van der Waals surface area contributed by atoms with Crippen LogP contribution < -0.4 is 5.69 Å². The zero-order valence-electron chi connectivity index (χ0n) is 17.3. The molecular weight excluding hydrogens is 420 g/mol. The molecule has 2 aromatic carbocycles. The van der Waals surface area contributed by atoms with Crippen molar-refractivity contribution < 1.29 is 18.0 Å². The third-order valence-corrected chi connectivity index (χ3v) is 7.39. The molecule has 1 N–H and O–H groups in total. The molecular formula is C21H24N4O5S. The maximum absolute atomic E-state index is 13.0. The van der Waals surface area contributed by atoms with E-state index in [0.717, 1.165) is 15.5 Å². The second-order valence-electron chi connectivity index (χ2n) is 7.47.